The number of carbonyl (C=O) groups is 1. The molecule has 5 heteroatoms. The third-order valence-corrected chi connectivity index (χ3v) is 2.70. The average molecular weight is 245 g/mol. The van der Waals surface area contributed by atoms with Crippen LogP contribution in [0.15, 0.2) is 16.7 Å². The number of halogens is 1. The van der Waals surface area contributed by atoms with Gasteiger partial charge < -0.3 is 15.1 Å². The van der Waals surface area contributed by atoms with Gasteiger partial charge in [-0.25, -0.2) is 0 Å². The summed E-state index contributed by atoms with van der Waals surface area (Å²) in [7, 11) is 0. The normalized spacial score (nSPS) is 19.9. The lowest BCUT2D eigenvalue weighted by Crippen LogP contribution is -2.45. The SMILES string of the molecule is Cc1ccoc1C(=O)N[C@H]1CCCNC1.Cl. The van der Waals surface area contributed by atoms with Crippen molar-refractivity contribution in [1.29, 1.82) is 0 Å². The van der Waals surface area contributed by atoms with Crippen molar-refractivity contribution in [2.24, 2.45) is 0 Å². The fourth-order valence-electron chi connectivity index (χ4n) is 1.83. The van der Waals surface area contributed by atoms with Crippen molar-refractivity contribution < 1.29 is 9.21 Å². The average Bonchev–Trinajstić information content (AvgIpc) is 2.66. The summed E-state index contributed by atoms with van der Waals surface area (Å²) < 4.78 is 5.14. The van der Waals surface area contributed by atoms with Crippen molar-refractivity contribution in [3.8, 4) is 0 Å². The van der Waals surface area contributed by atoms with E-state index in [1.807, 2.05) is 6.92 Å². The zero-order valence-corrected chi connectivity index (χ0v) is 10.1. The summed E-state index contributed by atoms with van der Waals surface area (Å²) in [5.41, 5.74) is 0.885. The highest BCUT2D eigenvalue weighted by atomic mass is 35.5. The monoisotopic (exact) mass is 244 g/mol. The van der Waals surface area contributed by atoms with Gasteiger partial charge in [-0.05, 0) is 32.4 Å². The second-order valence-electron chi connectivity index (χ2n) is 3.95. The molecular formula is C11H17ClN2O2. The molecule has 0 saturated carbocycles. The first kappa shape index (κ1) is 13.1. The number of hydrogen-bond acceptors (Lipinski definition) is 3. The molecule has 0 bridgehead atoms. The lowest BCUT2D eigenvalue weighted by molar-refractivity contribution is 0.0901. The maximum atomic E-state index is 11.8. The highest BCUT2D eigenvalue weighted by molar-refractivity contribution is 5.93. The maximum Gasteiger partial charge on any atom is 0.287 e. The zero-order chi connectivity index (χ0) is 10.7. The summed E-state index contributed by atoms with van der Waals surface area (Å²) in [5, 5.41) is 6.22. The number of rotatable bonds is 2. The number of amides is 1. The van der Waals surface area contributed by atoms with Crippen LogP contribution in [0.5, 0.6) is 0 Å². The second kappa shape index (κ2) is 5.92. The van der Waals surface area contributed by atoms with Gasteiger partial charge in [0.15, 0.2) is 5.76 Å². The first-order valence-corrected chi connectivity index (χ1v) is 5.33. The van der Waals surface area contributed by atoms with Crippen LogP contribution in [0.3, 0.4) is 0 Å². The minimum Gasteiger partial charge on any atom is -0.459 e. The van der Waals surface area contributed by atoms with Gasteiger partial charge in [0.25, 0.3) is 5.91 Å². The summed E-state index contributed by atoms with van der Waals surface area (Å²) >= 11 is 0. The van der Waals surface area contributed by atoms with Crippen molar-refractivity contribution in [3.63, 3.8) is 0 Å². The van der Waals surface area contributed by atoms with Crippen LogP contribution < -0.4 is 10.6 Å². The van der Waals surface area contributed by atoms with Crippen LogP contribution in [0.25, 0.3) is 0 Å². The molecule has 1 aliphatic rings. The van der Waals surface area contributed by atoms with Crippen LogP contribution in [0.2, 0.25) is 0 Å². The minimum atomic E-state index is -0.105. The Morgan fingerprint density at radius 1 is 1.62 bits per heavy atom. The van der Waals surface area contributed by atoms with Gasteiger partial charge in [-0.1, -0.05) is 0 Å². The van der Waals surface area contributed by atoms with Crippen LogP contribution in [0, 0.1) is 6.92 Å². The van der Waals surface area contributed by atoms with E-state index in [4.69, 9.17) is 4.42 Å². The third-order valence-electron chi connectivity index (χ3n) is 2.70. The lowest BCUT2D eigenvalue weighted by Gasteiger charge is -2.23. The Morgan fingerprint density at radius 2 is 2.44 bits per heavy atom. The van der Waals surface area contributed by atoms with Gasteiger partial charge in [-0.15, -0.1) is 12.4 Å². The zero-order valence-electron chi connectivity index (χ0n) is 9.29. The summed E-state index contributed by atoms with van der Waals surface area (Å²) in [5.74, 6) is 0.326. The van der Waals surface area contributed by atoms with E-state index in [0.29, 0.717) is 5.76 Å². The molecule has 0 radical (unpaired) electrons. The third kappa shape index (κ3) is 3.00. The molecule has 1 saturated heterocycles. The molecule has 1 fully saturated rings. The molecule has 1 aromatic heterocycles. The van der Waals surface area contributed by atoms with Crippen LogP contribution in [-0.2, 0) is 0 Å². The molecule has 0 spiro atoms. The Bertz CT molecular complexity index is 346. The van der Waals surface area contributed by atoms with Crippen LogP contribution >= 0.6 is 12.4 Å². The van der Waals surface area contributed by atoms with Crippen LogP contribution in [-0.4, -0.2) is 25.0 Å². The van der Waals surface area contributed by atoms with Crippen LogP contribution in [0.1, 0.15) is 29.0 Å². The first-order chi connectivity index (χ1) is 7.27. The second-order valence-corrected chi connectivity index (χ2v) is 3.95. The van der Waals surface area contributed by atoms with Gasteiger partial charge >= 0.3 is 0 Å². The fraction of sp³-hybridized carbons (Fsp3) is 0.545. The molecule has 16 heavy (non-hydrogen) atoms. The highest BCUT2D eigenvalue weighted by Gasteiger charge is 2.18. The predicted molar refractivity (Wildman–Crippen MR) is 64.1 cm³/mol. The highest BCUT2D eigenvalue weighted by Crippen LogP contribution is 2.09. The molecule has 2 rings (SSSR count). The van der Waals surface area contributed by atoms with Crippen molar-refractivity contribution in [1.82, 2.24) is 10.6 Å². The van der Waals surface area contributed by atoms with Crippen molar-refractivity contribution in [2.45, 2.75) is 25.8 Å². The molecule has 2 N–H and O–H groups in total. The van der Waals surface area contributed by atoms with Crippen molar-refractivity contribution >= 4 is 18.3 Å². The summed E-state index contributed by atoms with van der Waals surface area (Å²) in [4.78, 5) is 11.8. The predicted octanol–water partition coefficient (Wildman–Crippen LogP) is 1.49. The fourth-order valence-corrected chi connectivity index (χ4v) is 1.83. The quantitative estimate of drug-likeness (QED) is 0.829. The number of hydrogen-bond donors (Lipinski definition) is 2. The maximum absolute atomic E-state index is 11.8. The van der Waals surface area contributed by atoms with E-state index >= 15 is 0 Å². The van der Waals surface area contributed by atoms with E-state index in [1.54, 1.807) is 12.3 Å². The van der Waals surface area contributed by atoms with Gasteiger partial charge in [0, 0.05) is 18.2 Å². The molecule has 0 unspecified atom stereocenters. The lowest BCUT2D eigenvalue weighted by atomic mass is 10.1. The number of aryl methyl sites for hydroxylation is 1. The summed E-state index contributed by atoms with van der Waals surface area (Å²) in [6, 6.07) is 2.03. The Hall–Kier alpha value is -1.00. The summed E-state index contributed by atoms with van der Waals surface area (Å²) in [6.45, 7) is 3.77. The van der Waals surface area contributed by atoms with Gasteiger partial charge in [0.2, 0.25) is 0 Å². The van der Waals surface area contributed by atoms with E-state index in [9.17, 15) is 4.79 Å². The van der Waals surface area contributed by atoms with Crippen molar-refractivity contribution in [2.75, 3.05) is 13.1 Å². The molecule has 2 heterocycles. The number of carbonyl (C=O) groups excluding carboxylic acids is 1. The molecule has 90 valence electrons. The van der Waals surface area contributed by atoms with Gasteiger partial charge in [-0.3, -0.25) is 4.79 Å². The molecule has 1 aliphatic heterocycles. The summed E-state index contributed by atoms with van der Waals surface area (Å²) in [6.07, 6.45) is 3.70. The van der Waals surface area contributed by atoms with E-state index in [2.05, 4.69) is 10.6 Å². The Labute approximate surface area is 101 Å². The van der Waals surface area contributed by atoms with E-state index in [0.717, 1.165) is 31.5 Å². The molecule has 1 amide bonds. The van der Waals surface area contributed by atoms with Crippen molar-refractivity contribution in [3.05, 3.63) is 23.7 Å². The molecular weight excluding hydrogens is 228 g/mol. The molecule has 0 aliphatic carbocycles. The number of furan rings is 1. The Kier molecular flexibility index (Phi) is 4.83. The topological polar surface area (TPSA) is 54.3 Å². The molecule has 1 aromatic rings. The van der Waals surface area contributed by atoms with E-state index in [-0.39, 0.29) is 24.4 Å². The first-order valence-electron chi connectivity index (χ1n) is 5.33. The van der Waals surface area contributed by atoms with Gasteiger partial charge in [0.1, 0.15) is 0 Å². The molecule has 1 atom stereocenters. The van der Waals surface area contributed by atoms with Crippen LogP contribution in [0.4, 0.5) is 0 Å². The van der Waals surface area contributed by atoms with E-state index < -0.39 is 0 Å². The minimum absolute atomic E-state index is 0. The Morgan fingerprint density at radius 3 is 3.00 bits per heavy atom. The smallest absolute Gasteiger partial charge is 0.287 e. The standard InChI is InChI=1S/C11H16N2O2.ClH/c1-8-4-6-15-10(8)11(14)13-9-3-2-5-12-7-9;/h4,6,9,12H,2-3,5,7H2,1H3,(H,13,14);1H/t9-;/m0./s1. The number of nitrogens with one attached hydrogen (secondary N) is 2. The van der Waals surface area contributed by atoms with E-state index in [1.165, 1.54) is 0 Å². The van der Waals surface area contributed by atoms with Gasteiger partial charge in [-0.2, -0.15) is 0 Å². The largest absolute Gasteiger partial charge is 0.459 e. The van der Waals surface area contributed by atoms with Gasteiger partial charge in [0.05, 0.1) is 6.26 Å². The molecule has 4 nitrogen and oxygen atoms in total. The molecule has 0 aromatic carbocycles. The Balaban J connectivity index is 0.00000128. The number of piperidine rings is 1.